The summed E-state index contributed by atoms with van der Waals surface area (Å²) in [5.41, 5.74) is 7.97. The van der Waals surface area contributed by atoms with Crippen LogP contribution < -0.4 is 15.8 Å². The molecule has 1 atom stereocenters. The Kier molecular flexibility index (Phi) is 9.84. The van der Waals surface area contributed by atoms with Crippen LogP contribution in [-0.4, -0.2) is 25.6 Å². The van der Waals surface area contributed by atoms with E-state index in [9.17, 15) is 4.79 Å². The fourth-order valence-electron chi connectivity index (χ4n) is 1.69. The normalized spacial score (nSPS) is 11.4. The van der Waals surface area contributed by atoms with E-state index in [2.05, 4.69) is 19.2 Å². The summed E-state index contributed by atoms with van der Waals surface area (Å²) in [4.78, 5) is 11.6. The van der Waals surface area contributed by atoms with Crippen LogP contribution in [-0.2, 0) is 4.79 Å². The Morgan fingerprint density at radius 1 is 1.33 bits per heavy atom. The molecule has 1 aromatic rings. The summed E-state index contributed by atoms with van der Waals surface area (Å²) < 4.78 is 5.64. The lowest BCUT2D eigenvalue weighted by atomic mass is 10.1. The third-order valence-electron chi connectivity index (χ3n) is 3.35. The number of rotatable bonds is 8. The molecule has 3 N–H and O–H groups in total. The van der Waals surface area contributed by atoms with Crippen LogP contribution >= 0.6 is 12.4 Å². The van der Waals surface area contributed by atoms with Gasteiger partial charge in [0.05, 0.1) is 6.61 Å². The van der Waals surface area contributed by atoms with Crippen LogP contribution in [0.5, 0.6) is 5.75 Å². The average Bonchev–Trinajstić information content (AvgIpc) is 2.44. The van der Waals surface area contributed by atoms with Crippen molar-refractivity contribution in [2.45, 2.75) is 33.6 Å². The number of hydrogen-bond acceptors (Lipinski definition) is 3. The predicted octanol–water partition coefficient (Wildman–Crippen LogP) is 2.60. The maximum Gasteiger partial charge on any atom is 0.220 e. The highest BCUT2D eigenvalue weighted by Crippen LogP contribution is 2.16. The SMILES string of the molecule is Cc1ccc(OCCCC(=O)NCC(C)CN)cc1C.Cl. The number of amides is 1. The summed E-state index contributed by atoms with van der Waals surface area (Å²) >= 11 is 0. The van der Waals surface area contributed by atoms with Gasteiger partial charge in [0.15, 0.2) is 0 Å². The third kappa shape index (κ3) is 7.93. The maximum absolute atomic E-state index is 11.6. The third-order valence-corrected chi connectivity index (χ3v) is 3.35. The molecule has 1 aromatic carbocycles. The molecule has 1 unspecified atom stereocenters. The van der Waals surface area contributed by atoms with Crippen LogP contribution in [0.25, 0.3) is 0 Å². The number of aryl methyl sites for hydroxylation is 2. The molecule has 0 saturated carbocycles. The predicted molar refractivity (Wildman–Crippen MR) is 89.1 cm³/mol. The molecule has 0 fully saturated rings. The Hall–Kier alpha value is -1.26. The molecular weight excluding hydrogens is 288 g/mol. The lowest BCUT2D eigenvalue weighted by Gasteiger charge is -2.10. The van der Waals surface area contributed by atoms with Crippen molar-refractivity contribution in [2.24, 2.45) is 11.7 Å². The van der Waals surface area contributed by atoms with Crippen molar-refractivity contribution in [3.8, 4) is 5.75 Å². The van der Waals surface area contributed by atoms with E-state index in [0.29, 0.717) is 32.0 Å². The standard InChI is InChI=1S/C16H26N2O2.ClH/c1-12(10-17)11-18-16(19)5-4-8-20-15-7-6-13(2)14(3)9-15;/h6-7,9,12H,4-5,8,10-11,17H2,1-3H3,(H,18,19);1H. The highest BCUT2D eigenvalue weighted by Gasteiger charge is 2.04. The maximum atomic E-state index is 11.6. The molecule has 0 radical (unpaired) electrons. The second kappa shape index (κ2) is 10.5. The molecule has 1 rings (SSSR count). The smallest absolute Gasteiger partial charge is 0.220 e. The minimum Gasteiger partial charge on any atom is -0.494 e. The van der Waals surface area contributed by atoms with E-state index in [1.165, 1.54) is 11.1 Å². The molecule has 4 nitrogen and oxygen atoms in total. The molecule has 0 aliphatic rings. The van der Waals surface area contributed by atoms with Crippen LogP contribution in [0.4, 0.5) is 0 Å². The van der Waals surface area contributed by atoms with Gasteiger partial charge in [0, 0.05) is 13.0 Å². The number of benzene rings is 1. The molecule has 0 saturated heterocycles. The highest BCUT2D eigenvalue weighted by molar-refractivity contribution is 5.85. The largest absolute Gasteiger partial charge is 0.494 e. The van der Waals surface area contributed by atoms with Crippen molar-refractivity contribution >= 4 is 18.3 Å². The number of halogens is 1. The number of hydrogen-bond donors (Lipinski definition) is 2. The fourth-order valence-corrected chi connectivity index (χ4v) is 1.69. The molecule has 21 heavy (non-hydrogen) atoms. The zero-order chi connectivity index (χ0) is 15.0. The van der Waals surface area contributed by atoms with Crippen LogP contribution in [0, 0.1) is 19.8 Å². The Bertz CT molecular complexity index is 438. The molecule has 0 aliphatic carbocycles. The topological polar surface area (TPSA) is 64.3 Å². The number of ether oxygens (including phenoxy) is 1. The monoisotopic (exact) mass is 314 g/mol. The minimum absolute atomic E-state index is 0. The molecule has 0 aromatic heterocycles. The van der Waals surface area contributed by atoms with Crippen molar-refractivity contribution < 1.29 is 9.53 Å². The van der Waals surface area contributed by atoms with Gasteiger partial charge in [-0.15, -0.1) is 12.4 Å². The summed E-state index contributed by atoms with van der Waals surface area (Å²) in [6, 6.07) is 6.04. The van der Waals surface area contributed by atoms with Gasteiger partial charge in [-0.2, -0.15) is 0 Å². The summed E-state index contributed by atoms with van der Waals surface area (Å²) in [5.74, 6) is 1.25. The van der Waals surface area contributed by atoms with Crippen molar-refractivity contribution in [1.29, 1.82) is 0 Å². The van der Waals surface area contributed by atoms with Crippen molar-refractivity contribution in [2.75, 3.05) is 19.7 Å². The van der Waals surface area contributed by atoms with E-state index >= 15 is 0 Å². The quantitative estimate of drug-likeness (QED) is 0.725. The van der Waals surface area contributed by atoms with E-state index in [-0.39, 0.29) is 18.3 Å². The highest BCUT2D eigenvalue weighted by atomic mass is 35.5. The van der Waals surface area contributed by atoms with Gasteiger partial charge in [-0.05, 0) is 56.0 Å². The molecular formula is C16H27ClN2O2. The summed E-state index contributed by atoms with van der Waals surface area (Å²) in [5, 5.41) is 2.87. The van der Waals surface area contributed by atoms with Gasteiger partial charge in [-0.1, -0.05) is 13.0 Å². The number of carbonyl (C=O) groups is 1. The first-order chi connectivity index (χ1) is 9.52. The number of nitrogens with one attached hydrogen (secondary N) is 1. The molecule has 0 heterocycles. The first-order valence-corrected chi connectivity index (χ1v) is 7.19. The fraction of sp³-hybridized carbons (Fsp3) is 0.562. The van der Waals surface area contributed by atoms with Crippen LogP contribution in [0.2, 0.25) is 0 Å². The van der Waals surface area contributed by atoms with Crippen molar-refractivity contribution in [3.05, 3.63) is 29.3 Å². The lowest BCUT2D eigenvalue weighted by molar-refractivity contribution is -0.121. The Balaban J connectivity index is 0.00000400. The molecule has 120 valence electrons. The van der Waals surface area contributed by atoms with Crippen LogP contribution in [0.1, 0.15) is 30.9 Å². The second-order valence-electron chi connectivity index (χ2n) is 5.34. The summed E-state index contributed by atoms with van der Waals surface area (Å²) in [6.07, 6.45) is 1.21. The minimum atomic E-state index is 0. The van der Waals surface area contributed by atoms with E-state index in [0.717, 1.165) is 12.2 Å². The molecule has 5 heteroatoms. The first kappa shape index (κ1) is 19.7. The van der Waals surface area contributed by atoms with Gasteiger partial charge in [-0.3, -0.25) is 4.79 Å². The number of nitrogens with two attached hydrogens (primary N) is 1. The average molecular weight is 315 g/mol. The summed E-state index contributed by atoms with van der Waals surface area (Å²) in [6.45, 7) is 7.95. The van der Waals surface area contributed by atoms with Crippen LogP contribution in [0.15, 0.2) is 18.2 Å². The van der Waals surface area contributed by atoms with Gasteiger partial charge in [0.2, 0.25) is 5.91 Å². The van der Waals surface area contributed by atoms with E-state index in [4.69, 9.17) is 10.5 Å². The molecule has 1 amide bonds. The Morgan fingerprint density at radius 2 is 2.05 bits per heavy atom. The molecule has 0 bridgehead atoms. The lowest BCUT2D eigenvalue weighted by Crippen LogP contribution is -2.31. The van der Waals surface area contributed by atoms with Crippen molar-refractivity contribution in [1.82, 2.24) is 5.32 Å². The van der Waals surface area contributed by atoms with E-state index < -0.39 is 0 Å². The molecule has 0 aliphatic heterocycles. The Labute approximate surface area is 133 Å². The summed E-state index contributed by atoms with van der Waals surface area (Å²) in [7, 11) is 0. The zero-order valence-corrected chi connectivity index (χ0v) is 14.0. The van der Waals surface area contributed by atoms with E-state index in [1.54, 1.807) is 0 Å². The van der Waals surface area contributed by atoms with Crippen molar-refractivity contribution in [3.63, 3.8) is 0 Å². The van der Waals surface area contributed by atoms with Crippen LogP contribution in [0.3, 0.4) is 0 Å². The first-order valence-electron chi connectivity index (χ1n) is 7.19. The second-order valence-corrected chi connectivity index (χ2v) is 5.34. The Morgan fingerprint density at radius 3 is 2.67 bits per heavy atom. The van der Waals surface area contributed by atoms with Gasteiger partial charge in [0.25, 0.3) is 0 Å². The number of carbonyl (C=O) groups excluding carboxylic acids is 1. The zero-order valence-electron chi connectivity index (χ0n) is 13.1. The van der Waals surface area contributed by atoms with Gasteiger partial charge in [-0.25, -0.2) is 0 Å². The van der Waals surface area contributed by atoms with E-state index in [1.807, 2.05) is 25.1 Å². The van der Waals surface area contributed by atoms with Gasteiger partial charge < -0.3 is 15.8 Å². The van der Waals surface area contributed by atoms with Gasteiger partial charge >= 0.3 is 0 Å². The van der Waals surface area contributed by atoms with Gasteiger partial charge in [0.1, 0.15) is 5.75 Å². The molecule has 0 spiro atoms.